The minimum Gasteiger partial charge on any atom is -0.385 e. The number of nitrogens with zero attached hydrogens (tertiary/aromatic N) is 1. The molecule has 2 aliphatic carbocycles. The summed E-state index contributed by atoms with van der Waals surface area (Å²) in [5, 5.41) is 11.6. The van der Waals surface area contributed by atoms with E-state index in [-0.39, 0.29) is 23.3 Å². The van der Waals surface area contributed by atoms with Gasteiger partial charge in [0.2, 0.25) is 0 Å². The fraction of sp³-hybridized carbons (Fsp3) is 0.938. The molecule has 0 spiro atoms. The summed E-state index contributed by atoms with van der Waals surface area (Å²) in [6, 6.07) is 0.197. The van der Waals surface area contributed by atoms with Crippen molar-refractivity contribution in [2.45, 2.75) is 69.4 Å². The second-order valence-corrected chi connectivity index (χ2v) is 8.16. The highest BCUT2D eigenvalue weighted by atomic mass is 35.5. The third-order valence-corrected chi connectivity index (χ3v) is 6.23. The van der Waals surface area contributed by atoms with Gasteiger partial charge in [0.1, 0.15) is 11.4 Å². The van der Waals surface area contributed by atoms with Crippen LogP contribution in [0.2, 0.25) is 0 Å². The monoisotopic (exact) mass is 298 g/mol. The van der Waals surface area contributed by atoms with Crippen molar-refractivity contribution < 1.29 is 5.11 Å². The van der Waals surface area contributed by atoms with E-state index < -0.39 is 5.60 Å². The molecule has 20 heavy (non-hydrogen) atoms. The molecule has 114 valence electrons. The first-order valence-corrected chi connectivity index (χ1v) is 8.55. The molecule has 0 aromatic heterocycles. The van der Waals surface area contributed by atoms with Crippen LogP contribution in [0.25, 0.3) is 0 Å². The number of aliphatic imine (C=N–C) groups is 1. The van der Waals surface area contributed by atoms with Gasteiger partial charge in [0, 0.05) is 11.3 Å². The van der Waals surface area contributed by atoms with Gasteiger partial charge in [-0.2, -0.15) is 0 Å². The number of nitrogens with two attached hydrogens (primary N) is 1. The van der Waals surface area contributed by atoms with Crippen LogP contribution in [0.1, 0.15) is 52.4 Å². The Labute approximate surface area is 127 Å². The number of hydrogen-bond donors (Lipinski definition) is 2. The second-order valence-electron chi connectivity index (χ2n) is 7.54. The molecule has 1 heterocycles. The van der Waals surface area contributed by atoms with Crippen molar-refractivity contribution >= 4 is 17.4 Å². The summed E-state index contributed by atoms with van der Waals surface area (Å²) in [4.78, 5) is 4.61. The van der Waals surface area contributed by atoms with Crippen molar-refractivity contribution in [2.24, 2.45) is 34.4 Å². The van der Waals surface area contributed by atoms with Gasteiger partial charge in [0.25, 0.3) is 0 Å². The minimum atomic E-state index is -0.902. The summed E-state index contributed by atoms with van der Waals surface area (Å²) in [5.41, 5.74) is 5.30. The predicted octanol–water partition coefficient (Wildman–Crippen LogP) is 2.94. The van der Waals surface area contributed by atoms with Crippen LogP contribution >= 0.6 is 11.6 Å². The molecule has 1 aliphatic heterocycles. The highest BCUT2D eigenvalue weighted by Gasteiger charge is 2.56. The van der Waals surface area contributed by atoms with Crippen molar-refractivity contribution in [2.75, 3.05) is 0 Å². The van der Waals surface area contributed by atoms with Crippen LogP contribution in [0.15, 0.2) is 4.99 Å². The van der Waals surface area contributed by atoms with Crippen LogP contribution in [0, 0.1) is 23.7 Å². The lowest BCUT2D eigenvalue weighted by atomic mass is 9.63. The number of rotatable bonds is 1. The van der Waals surface area contributed by atoms with Crippen LogP contribution in [-0.2, 0) is 0 Å². The molecule has 0 saturated heterocycles. The van der Waals surface area contributed by atoms with Crippen molar-refractivity contribution in [1.29, 1.82) is 0 Å². The molecule has 0 aromatic rings. The van der Waals surface area contributed by atoms with E-state index in [0.717, 1.165) is 32.1 Å². The molecule has 2 fully saturated rings. The van der Waals surface area contributed by atoms with Gasteiger partial charge in [-0.15, -0.1) is 11.6 Å². The maximum absolute atomic E-state index is 11.4. The topological polar surface area (TPSA) is 58.6 Å². The number of alkyl halides is 1. The summed E-state index contributed by atoms with van der Waals surface area (Å²) in [6.07, 6.45) is 6.20. The van der Waals surface area contributed by atoms with Gasteiger partial charge in [-0.1, -0.05) is 13.8 Å². The first-order chi connectivity index (χ1) is 9.41. The maximum atomic E-state index is 11.4. The van der Waals surface area contributed by atoms with E-state index in [1.807, 2.05) is 0 Å². The van der Waals surface area contributed by atoms with Gasteiger partial charge < -0.3 is 10.8 Å². The smallest absolute Gasteiger partial charge is 0.129 e. The van der Waals surface area contributed by atoms with Gasteiger partial charge in [-0.3, -0.25) is 4.99 Å². The highest BCUT2D eigenvalue weighted by molar-refractivity contribution is 6.20. The minimum absolute atomic E-state index is 0.140. The molecule has 0 amide bonds. The van der Waals surface area contributed by atoms with Gasteiger partial charge in [-0.05, 0) is 56.3 Å². The van der Waals surface area contributed by atoms with Crippen LogP contribution in [-0.4, -0.2) is 28.0 Å². The maximum Gasteiger partial charge on any atom is 0.129 e. The normalized spacial score (nSPS) is 52.5. The van der Waals surface area contributed by atoms with Crippen LogP contribution in [0.3, 0.4) is 0 Å². The van der Waals surface area contributed by atoms with E-state index in [2.05, 4.69) is 18.8 Å². The molecule has 2 saturated carbocycles. The molecule has 3 rings (SSSR count). The second kappa shape index (κ2) is 5.17. The summed E-state index contributed by atoms with van der Waals surface area (Å²) in [5.74, 6) is 2.21. The molecule has 3 aliphatic rings. The van der Waals surface area contributed by atoms with Crippen LogP contribution in [0.5, 0.6) is 0 Å². The SMILES string of the molecule is CC1CC(C)CC(C2(O)C(N)=NC3CCC(Cl)CC32)C1. The fourth-order valence-corrected chi connectivity index (χ4v) is 5.34. The number of amidine groups is 1. The fourth-order valence-electron chi connectivity index (χ4n) is 5.02. The molecule has 3 N–H and O–H groups in total. The molecule has 6 unspecified atom stereocenters. The standard InChI is InChI=1S/C16H27ClN2O/c1-9-5-10(2)7-11(6-9)16(20)13-8-12(17)3-4-14(13)19-15(16)18/h9-14,20H,3-8H2,1-2H3,(H2,18,19). The molecular weight excluding hydrogens is 272 g/mol. The largest absolute Gasteiger partial charge is 0.385 e. The Morgan fingerprint density at radius 3 is 2.45 bits per heavy atom. The Morgan fingerprint density at radius 2 is 1.80 bits per heavy atom. The van der Waals surface area contributed by atoms with Crippen molar-refractivity contribution in [3.8, 4) is 0 Å². The molecule has 6 atom stereocenters. The average molecular weight is 299 g/mol. The Morgan fingerprint density at radius 1 is 1.15 bits per heavy atom. The van der Waals surface area contributed by atoms with Crippen molar-refractivity contribution in [3.63, 3.8) is 0 Å². The Hall–Kier alpha value is -0.280. The van der Waals surface area contributed by atoms with E-state index in [9.17, 15) is 5.11 Å². The summed E-state index contributed by atoms with van der Waals surface area (Å²) in [6.45, 7) is 4.58. The molecular formula is C16H27ClN2O. The average Bonchev–Trinajstić information content (AvgIpc) is 2.62. The lowest BCUT2D eigenvalue weighted by Crippen LogP contribution is -2.56. The van der Waals surface area contributed by atoms with Crippen molar-refractivity contribution in [3.05, 3.63) is 0 Å². The van der Waals surface area contributed by atoms with Crippen molar-refractivity contribution in [1.82, 2.24) is 0 Å². The zero-order valence-corrected chi connectivity index (χ0v) is 13.3. The molecule has 4 heteroatoms. The highest BCUT2D eigenvalue weighted by Crippen LogP contribution is 2.49. The van der Waals surface area contributed by atoms with Gasteiger partial charge in [0.05, 0.1) is 6.04 Å². The lowest BCUT2D eigenvalue weighted by Gasteiger charge is -2.45. The summed E-state index contributed by atoms with van der Waals surface area (Å²) < 4.78 is 0. The third-order valence-electron chi connectivity index (χ3n) is 5.83. The number of aliphatic hydroxyl groups is 1. The molecule has 0 bridgehead atoms. The predicted molar refractivity (Wildman–Crippen MR) is 83.0 cm³/mol. The quantitative estimate of drug-likeness (QED) is 0.731. The lowest BCUT2D eigenvalue weighted by molar-refractivity contribution is -0.0432. The first kappa shape index (κ1) is 14.6. The van der Waals surface area contributed by atoms with Crippen LogP contribution < -0.4 is 5.73 Å². The van der Waals surface area contributed by atoms with E-state index in [1.165, 1.54) is 6.42 Å². The first-order valence-electron chi connectivity index (χ1n) is 8.11. The van der Waals surface area contributed by atoms with Crippen LogP contribution in [0.4, 0.5) is 0 Å². The van der Waals surface area contributed by atoms with Gasteiger partial charge in [0.15, 0.2) is 0 Å². The Bertz CT molecular complexity index is 403. The molecule has 0 aromatic carbocycles. The van der Waals surface area contributed by atoms with E-state index in [1.54, 1.807) is 0 Å². The zero-order chi connectivity index (χ0) is 14.5. The Kier molecular flexibility index (Phi) is 3.79. The summed E-state index contributed by atoms with van der Waals surface area (Å²) in [7, 11) is 0. The summed E-state index contributed by atoms with van der Waals surface area (Å²) >= 11 is 6.35. The van der Waals surface area contributed by atoms with Gasteiger partial charge in [-0.25, -0.2) is 0 Å². The Balaban J connectivity index is 1.87. The number of halogens is 1. The van der Waals surface area contributed by atoms with Gasteiger partial charge >= 0.3 is 0 Å². The zero-order valence-electron chi connectivity index (χ0n) is 12.6. The molecule has 0 radical (unpaired) electrons. The molecule has 3 nitrogen and oxygen atoms in total. The number of hydrogen-bond acceptors (Lipinski definition) is 3. The third kappa shape index (κ3) is 2.27. The van der Waals surface area contributed by atoms with E-state index >= 15 is 0 Å². The van der Waals surface area contributed by atoms with E-state index in [0.29, 0.717) is 17.7 Å². The van der Waals surface area contributed by atoms with E-state index in [4.69, 9.17) is 17.3 Å². The number of fused-ring (bicyclic) bond motifs is 1.